The number of esters is 1. The normalized spacial score (nSPS) is 11.3. The summed E-state index contributed by atoms with van der Waals surface area (Å²) in [7, 11) is 1.58. The average molecular weight is 646 g/mol. The lowest BCUT2D eigenvalue weighted by atomic mass is 10.0. The van der Waals surface area contributed by atoms with Crippen molar-refractivity contribution in [1.29, 1.82) is 0 Å². The number of hydrogen-bond acceptors (Lipinski definition) is 7. The Labute approximate surface area is 266 Å². The monoisotopic (exact) mass is 645 g/mol. The van der Waals surface area contributed by atoms with Crippen molar-refractivity contribution in [2.24, 2.45) is 0 Å². The molecule has 0 radical (unpaired) electrons. The third kappa shape index (κ3) is 12.2. The Morgan fingerprint density at radius 1 is 0.867 bits per heavy atom. The van der Waals surface area contributed by atoms with E-state index in [4.69, 9.17) is 9.47 Å². The first-order valence-corrected chi connectivity index (χ1v) is 13.8. The van der Waals surface area contributed by atoms with Gasteiger partial charge >= 0.3 is 12.1 Å². The molecule has 45 heavy (non-hydrogen) atoms. The van der Waals surface area contributed by atoms with Gasteiger partial charge in [-0.3, -0.25) is 4.79 Å². The zero-order valence-electron chi connectivity index (χ0n) is 24.7. The number of ether oxygens (including phenoxy) is 2. The van der Waals surface area contributed by atoms with Gasteiger partial charge in [-0.25, -0.2) is 4.79 Å². The van der Waals surface area contributed by atoms with E-state index in [1.165, 1.54) is 18.2 Å². The van der Waals surface area contributed by atoms with Crippen molar-refractivity contribution in [3.8, 4) is 17.2 Å². The fourth-order valence-corrected chi connectivity index (χ4v) is 4.19. The van der Waals surface area contributed by atoms with Gasteiger partial charge in [0.15, 0.2) is 5.78 Å². The van der Waals surface area contributed by atoms with Crippen LogP contribution in [0, 0.1) is 0 Å². The second-order valence-corrected chi connectivity index (χ2v) is 9.91. The Bertz CT molecular complexity index is 1510. The summed E-state index contributed by atoms with van der Waals surface area (Å²) in [4.78, 5) is 23.8. The van der Waals surface area contributed by atoms with Gasteiger partial charge in [0.2, 0.25) is 0 Å². The molecule has 3 N–H and O–H groups in total. The van der Waals surface area contributed by atoms with Crippen molar-refractivity contribution in [1.82, 2.24) is 5.32 Å². The zero-order valence-corrected chi connectivity index (χ0v) is 25.5. The summed E-state index contributed by atoms with van der Waals surface area (Å²) in [5.41, 5.74) is 1.48. The highest BCUT2D eigenvalue weighted by molar-refractivity contribution is 6.00. The summed E-state index contributed by atoms with van der Waals surface area (Å²) < 4.78 is 48.3. The Hall–Kier alpha value is -4.54. The van der Waals surface area contributed by atoms with Gasteiger partial charge in [-0.05, 0) is 66.9 Å². The molecule has 1 atom stereocenters. The number of nitrogens with one attached hydrogen (secondary N) is 1. The van der Waals surface area contributed by atoms with E-state index in [1.807, 2.05) is 13.0 Å². The summed E-state index contributed by atoms with van der Waals surface area (Å²) in [5.74, 6) is -0.156. The van der Waals surface area contributed by atoms with Gasteiger partial charge in [-0.1, -0.05) is 48.5 Å². The summed E-state index contributed by atoms with van der Waals surface area (Å²) in [6.07, 6.45) is -3.70. The molecule has 4 aromatic carbocycles. The summed E-state index contributed by atoms with van der Waals surface area (Å²) in [6, 6.07) is 25.0. The number of carbonyl (C=O) groups excluding carboxylic acids is 2. The number of Topliss-reactive ketones (excluding diaryl/α,β-unsaturated/α-hetero) is 1. The maximum atomic E-state index is 12.7. The molecular formula is C34H35ClF3NO6. The molecule has 0 aliphatic heterocycles. The van der Waals surface area contributed by atoms with Crippen molar-refractivity contribution in [3.05, 3.63) is 125 Å². The third-order valence-corrected chi connectivity index (χ3v) is 6.44. The van der Waals surface area contributed by atoms with Gasteiger partial charge in [0.05, 0.1) is 23.8 Å². The highest BCUT2D eigenvalue weighted by atomic mass is 35.5. The lowest BCUT2D eigenvalue weighted by molar-refractivity contribution is -0.137. The highest BCUT2D eigenvalue weighted by Gasteiger charge is 2.30. The molecule has 0 saturated carbocycles. The lowest BCUT2D eigenvalue weighted by Crippen LogP contribution is -2.31. The smallest absolute Gasteiger partial charge is 0.416 e. The maximum absolute atomic E-state index is 12.7. The molecule has 0 aromatic heterocycles. The first kappa shape index (κ1) is 36.7. The number of phenolic OH excluding ortho intramolecular Hbond substituents is 2. The van der Waals surface area contributed by atoms with E-state index in [0.29, 0.717) is 24.1 Å². The van der Waals surface area contributed by atoms with Gasteiger partial charge < -0.3 is 25.0 Å². The molecule has 0 aliphatic carbocycles. The molecule has 0 amide bonds. The van der Waals surface area contributed by atoms with Crippen LogP contribution in [0.4, 0.5) is 13.2 Å². The molecule has 240 valence electrons. The van der Waals surface area contributed by atoms with Crippen molar-refractivity contribution < 1.29 is 42.4 Å². The first-order valence-electron chi connectivity index (χ1n) is 13.8. The van der Waals surface area contributed by atoms with Crippen LogP contribution in [-0.2, 0) is 23.8 Å². The molecule has 0 aliphatic rings. The first-order chi connectivity index (χ1) is 21.0. The van der Waals surface area contributed by atoms with Crippen LogP contribution in [0.5, 0.6) is 17.2 Å². The minimum absolute atomic E-state index is 0. The minimum Gasteiger partial charge on any atom is -0.508 e. The second-order valence-electron chi connectivity index (χ2n) is 9.91. The Morgan fingerprint density at radius 2 is 1.56 bits per heavy atom. The number of phenols is 2. The maximum Gasteiger partial charge on any atom is 0.416 e. The molecule has 0 saturated heterocycles. The highest BCUT2D eigenvalue weighted by Crippen LogP contribution is 2.29. The fourth-order valence-electron chi connectivity index (χ4n) is 4.19. The van der Waals surface area contributed by atoms with Gasteiger partial charge in [0, 0.05) is 25.1 Å². The summed E-state index contributed by atoms with van der Waals surface area (Å²) >= 11 is 0. The number of aromatic hydroxyl groups is 2. The molecule has 4 aromatic rings. The number of carbonyl (C=O) groups is 2. The Balaban J connectivity index is 0.000000317. The zero-order chi connectivity index (χ0) is 32.1. The van der Waals surface area contributed by atoms with E-state index in [1.54, 1.807) is 61.7 Å². The van der Waals surface area contributed by atoms with Crippen LogP contribution in [0.1, 0.15) is 44.3 Å². The molecular weight excluding hydrogens is 611 g/mol. The molecule has 11 heteroatoms. The van der Waals surface area contributed by atoms with Crippen LogP contribution in [0.3, 0.4) is 0 Å². The van der Waals surface area contributed by atoms with Crippen LogP contribution >= 0.6 is 12.4 Å². The van der Waals surface area contributed by atoms with Gasteiger partial charge in [0.25, 0.3) is 0 Å². The molecule has 0 spiro atoms. The van der Waals surface area contributed by atoms with Crippen LogP contribution < -0.4 is 10.1 Å². The molecule has 1 unspecified atom stereocenters. The van der Waals surface area contributed by atoms with E-state index in [0.717, 1.165) is 29.5 Å². The van der Waals surface area contributed by atoms with Gasteiger partial charge in [-0.2, -0.15) is 13.2 Å². The fraction of sp³-hybridized carbons (Fsp3) is 0.235. The van der Waals surface area contributed by atoms with Crippen molar-refractivity contribution in [2.45, 2.75) is 32.0 Å². The van der Waals surface area contributed by atoms with E-state index >= 15 is 0 Å². The number of hydrogen-bond donors (Lipinski definition) is 3. The Morgan fingerprint density at radius 3 is 2.18 bits per heavy atom. The molecule has 4 rings (SSSR count). The van der Waals surface area contributed by atoms with E-state index in [2.05, 4.69) is 5.32 Å². The lowest BCUT2D eigenvalue weighted by Gasteiger charge is -2.15. The number of benzene rings is 4. The number of rotatable bonds is 11. The van der Waals surface area contributed by atoms with E-state index in [-0.39, 0.29) is 54.3 Å². The van der Waals surface area contributed by atoms with Gasteiger partial charge in [0.1, 0.15) is 23.9 Å². The van der Waals surface area contributed by atoms with Crippen LogP contribution in [-0.4, -0.2) is 48.3 Å². The third-order valence-electron chi connectivity index (χ3n) is 6.44. The molecule has 0 fully saturated rings. The number of halogens is 4. The molecule has 7 nitrogen and oxygen atoms in total. The molecule has 0 heterocycles. The van der Waals surface area contributed by atoms with Crippen LogP contribution in [0.25, 0.3) is 0 Å². The quantitative estimate of drug-likeness (QED) is 0.0913. The summed E-state index contributed by atoms with van der Waals surface area (Å²) in [6.45, 7) is 2.50. The number of alkyl halides is 3. The summed E-state index contributed by atoms with van der Waals surface area (Å²) in [5, 5.41) is 21.9. The minimum atomic E-state index is -4.34. The number of methoxy groups -OCH3 is 1. The SMILES string of the molecule is CC(Cc1cccc(C(F)(F)F)c1)NCCOC(=O)c1ccccc1.COc1ccc(CC(=O)c2ccc(O)cc2O)cc1.Cl. The van der Waals surface area contributed by atoms with Gasteiger partial charge in [-0.15, -0.1) is 12.4 Å². The largest absolute Gasteiger partial charge is 0.508 e. The van der Waals surface area contributed by atoms with Crippen molar-refractivity contribution in [2.75, 3.05) is 20.3 Å². The molecule has 0 bridgehead atoms. The predicted molar refractivity (Wildman–Crippen MR) is 167 cm³/mol. The average Bonchev–Trinajstić information content (AvgIpc) is 3.00. The van der Waals surface area contributed by atoms with E-state index < -0.39 is 17.7 Å². The Kier molecular flexibility index (Phi) is 14.4. The predicted octanol–water partition coefficient (Wildman–Crippen LogP) is 7.04. The topological polar surface area (TPSA) is 105 Å². The number of ketones is 1. The second kappa shape index (κ2) is 17.7. The van der Waals surface area contributed by atoms with E-state index in [9.17, 15) is 33.0 Å². The standard InChI is InChI=1S/C19H20F3NO2.C15H14O4.ClH/c1-14(12-15-6-5-9-17(13-15)19(20,21)22)23-10-11-25-18(24)16-7-3-2-4-8-16;1-19-12-5-2-10(3-6-12)8-14(17)13-7-4-11(16)9-15(13)18;/h2-9,13-14,23H,10-12H2,1H3;2-7,9,16,18H,8H2,1H3;1H. The van der Waals surface area contributed by atoms with Crippen molar-refractivity contribution in [3.63, 3.8) is 0 Å². The van der Waals surface area contributed by atoms with Crippen LogP contribution in [0.2, 0.25) is 0 Å². The van der Waals surface area contributed by atoms with Crippen molar-refractivity contribution >= 4 is 24.2 Å². The van der Waals surface area contributed by atoms with Crippen LogP contribution in [0.15, 0.2) is 97.1 Å².